The topological polar surface area (TPSA) is 40.5 Å². The Hall–Kier alpha value is -1.35. The zero-order valence-corrected chi connectivity index (χ0v) is 13.6. The van der Waals surface area contributed by atoms with E-state index < -0.39 is 5.97 Å². The quantitative estimate of drug-likeness (QED) is 0.913. The van der Waals surface area contributed by atoms with Crippen molar-refractivity contribution in [2.45, 2.75) is 53.1 Å². The fourth-order valence-electron chi connectivity index (χ4n) is 3.23. The van der Waals surface area contributed by atoms with Crippen molar-refractivity contribution in [3.63, 3.8) is 0 Å². The van der Waals surface area contributed by atoms with Gasteiger partial charge in [-0.15, -0.1) is 0 Å². The molecule has 1 saturated heterocycles. The highest BCUT2D eigenvalue weighted by atomic mass is 16.4. The lowest BCUT2D eigenvalue weighted by atomic mass is 9.73. The van der Waals surface area contributed by atoms with Crippen molar-refractivity contribution >= 4 is 5.97 Å². The van der Waals surface area contributed by atoms with Crippen molar-refractivity contribution in [1.82, 2.24) is 4.90 Å². The summed E-state index contributed by atoms with van der Waals surface area (Å²) in [6.45, 7) is 11.4. The fourth-order valence-corrected chi connectivity index (χ4v) is 3.23. The number of rotatable bonds is 3. The molecule has 1 aromatic carbocycles. The van der Waals surface area contributed by atoms with E-state index in [0.717, 1.165) is 19.0 Å². The molecule has 2 rings (SSSR count). The van der Waals surface area contributed by atoms with Gasteiger partial charge in [0.1, 0.15) is 0 Å². The maximum atomic E-state index is 10.9. The molecule has 1 fully saturated rings. The van der Waals surface area contributed by atoms with E-state index in [1.165, 1.54) is 18.4 Å². The molecule has 3 nitrogen and oxygen atoms in total. The van der Waals surface area contributed by atoms with E-state index in [-0.39, 0.29) is 0 Å². The van der Waals surface area contributed by atoms with Crippen molar-refractivity contribution in [3.8, 4) is 0 Å². The maximum absolute atomic E-state index is 10.9. The second-order valence-electron chi connectivity index (χ2n) is 7.41. The zero-order valence-electron chi connectivity index (χ0n) is 13.6. The number of nitrogens with zero attached hydrogens (tertiary/aromatic N) is 1. The number of likely N-dealkylation sites (tertiary alicyclic amines) is 1. The molecule has 1 heterocycles. The van der Waals surface area contributed by atoms with E-state index in [4.69, 9.17) is 5.11 Å². The number of hydrogen-bond acceptors (Lipinski definition) is 2. The Kier molecular flexibility index (Phi) is 4.72. The number of aromatic carboxylic acids is 1. The van der Waals surface area contributed by atoms with Crippen LogP contribution < -0.4 is 0 Å². The first kappa shape index (κ1) is 16.0. The van der Waals surface area contributed by atoms with Gasteiger partial charge in [0.2, 0.25) is 0 Å². The Balaban J connectivity index is 1.96. The summed E-state index contributed by atoms with van der Waals surface area (Å²) in [7, 11) is 0. The molecule has 0 radical (unpaired) electrons. The number of carboxylic acid groups (broad SMARTS) is 1. The minimum atomic E-state index is -0.860. The van der Waals surface area contributed by atoms with Crippen molar-refractivity contribution in [2.24, 2.45) is 11.3 Å². The van der Waals surface area contributed by atoms with Crippen LogP contribution in [0.4, 0.5) is 0 Å². The highest BCUT2D eigenvalue weighted by Gasteiger charge is 2.32. The van der Waals surface area contributed by atoms with E-state index in [1.807, 2.05) is 12.1 Å². The molecule has 1 aromatic rings. The van der Waals surface area contributed by atoms with Crippen LogP contribution in [0.1, 0.15) is 56.5 Å². The summed E-state index contributed by atoms with van der Waals surface area (Å²) in [5.74, 6) is -0.0703. The standard InChI is InChI=1S/C18H27NO2/c1-13-11-16(18(2,3)4)9-10-19(13)12-14-5-7-15(8-6-14)17(20)21/h5-8,13,16H,9-12H2,1-4H3,(H,20,21). The third-order valence-electron chi connectivity index (χ3n) is 4.83. The molecule has 1 aliphatic rings. The molecule has 0 bridgehead atoms. The van der Waals surface area contributed by atoms with Crippen LogP contribution in [0.2, 0.25) is 0 Å². The first-order valence-electron chi connectivity index (χ1n) is 7.83. The summed E-state index contributed by atoms with van der Waals surface area (Å²) in [6, 6.07) is 7.86. The van der Waals surface area contributed by atoms with E-state index in [9.17, 15) is 4.79 Å². The van der Waals surface area contributed by atoms with Crippen LogP contribution >= 0.6 is 0 Å². The van der Waals surface area contributed by atoms with Gasteiger partial charge in [-0.05, 0) is 55.3 Å². The first-order chi connectivity index (χ1) is 9.77. The second kappa shape index (κ2) is 6.18. The van der Waals surface area contributed by atoms with Crippen LogP contribution in [0.5, 0.6) is 0 Å². The van der Waals surface area contributed by atoms with Crippen molar-refractivity contribution in [1.29, 1.82) is 0 Å². The Bertz CT molecular complexity index is 487. The summed E-state index contributed by atoms with van der Waals surface area (Å²) < 4.78 is 0. The van der Waals surface area contributed by atoms with Crippen LogP contribution in [-0.2, 0) is 6.54 Å². The van der Waals surface area contributed by atoms with Gasteiger partial charge in [-0.1, -0.05) is 32.9 Å². The van der Waals surface area contributed by atoms with Crippen LogP contribution in [0, 0.1) is 11.3 Å². The smallest absolute Gasteiger partial charge is 0.335 e. The van der Waals surface area contributed by atoms with E-state index in [1.54, 1.807) is 12.1 Å². The predicted octanol–water partition coefficient (Wildman–Crippen LogP) is 4.03. The largest absolute Gasteiger partial charge is 0.478 e. The van der Waals surface area contributed by atoms with Crippen molar-refractivity contribution in [2.75, 3.05) is 6.54 Å². The zero-order chi connectivity index (χ0) is 15.6. The normalized spacial score (nSPS) is 24.0. The summed E-state index contributed by atoms with van der Waals surface area (Å²) in [6.07, 6.45) is 2.50. The van der Waals surface area contributed by atoms with Crippen LogP contribution in [0.25, 0.3) is 0 Å². The van der Waals surface area contributed by atoms with Crippen molar-refractivity contribution < 1.29 is 9.90 Å². The Morgan fingerprint density at radius 2 is 1.90 bits per heavy atom. The van der Waals surface area contributed by atoms with Gasteiger partial charge < -0.3 is 5.11 Å². The minimum Gasteiger partial charge on any atom is -0.478 e. The predicted molar refractivity (Wildman–Crippen MR) is 85.5 cm³/mol. The summed E-state index contributed by atoms with van der Waals surface area (Å²) in [5.41, 5.74) is 1.95. The number of piperidine rings is 1. The highest BCUT2D eigenvalue weighted by molar-refractivity contribution is 5.87. The van der Waals surface area contributed by atoms with Gasteiger partial charge in [0.15, 0.2) is 0 Å². The molecule has 2 atom stereocenters. The second-order valence-corrected chi connectivity index (χ2v) is 7.41. The third kappa shape index (κ3) is 4.07. The Morgan fingerprint density at radius 3 is 2.38 bits per heavy atom. The third-order valence-corrected chi connectivity index (χ3v) is 4.83. The molecule has 0 aromatic heterocycles. The monoisotopic (exact) mass is 289 g/mol. The first-order valence-corrected chi connectivity index (χ1v) is 7.83. The lowest BCUT2D eigenvalue weighted by molar-refractivity contribution is 0.0647. The van der Waals surface area contributed by atoms with Gasteiger partial charge in [-0.25, -0.2) is 4.79 Å². The molecule has 21 heavy (non-hydrogen) atoms. The number of carboxylic acids is 1. The lowest BCUT2D eigenvalue weighted by Crippen LogP contribution is -2.43. The number of benzene rings is 1. The van der Waals surface area contributed by atoms with Crippen molar-refractivity contribution in [3.05, 3.63) is 35.4 Å². The molecule has 1 N–H and O–H groups in total. The molecule has 0 amide bonds. The van der Waals surface area contributed by atoms with Gasteiger partial charge in [-0.2, -0.15) is 0 Å². The average molecular weight is 289 g/mol. The average Bonchev–Trinajstić information content (AvgIpc) is 2.40. The number of carbonyl (C=O) groups is 1. The highest BCUT2D eigenvalue weighted by Crippen LogP contribution is 2.37. The van der Waals surface area contributed by atoms with Crippen LogP contribution in [0.3, 0.4) is 0 Å². The molecule has 2 unspecified atom stereocenters. The summed E-state index contributed by atoms with van der Waals surface area (Å²) in [4.78, 5) is 13.4. The van der Waals surface area contributed by atoms with E-state index in [2.05, 4.69) is 32.6 Å². The molecule has 0 saturated carbocycles. The molecule has 0 spiro atoms. The number of hydrogen-bond donors (Lipinski definition) is 1. The Morgan fingerprint density at radius 1 is 1.29 bits per heavy atom. The molecule has 3 heteroatoms. The van der Waals surface area contributed by atoms with Crippen LogP contribution in [0.15, 0.2) is 24.3 Å². The summed E-state index contributed by atoms with van der Waals surface area (Å²) >= 11 is 0. The van der Waals surface area contributed by atoms with Gasteiger partial charge in [0, 0.05) is 12.6 Å². The SMILES string of the molecule is CC1CC(C(C)(C)C)CCN1Cc1ccc(C(=O)O)cc1. The molecular weight excluding hydrogens is 262 g/mol. The van der Waals surface area contributed by atoms with Crippen LogP contribution in [-0.4, -0.2) is 28.6 Å². The molecular formula is C18H27NO2. The Labute approximate surface area is 128 Å². The summed E-state index contributed by atoms with van der Waals surface area (Å²) in [5, 5.41) is 8.93. The lowest BCUT2D eigenvalue weighted by Gasteiger charge is -2.43. The van der Waals surface area contributed by atoms with E-state index >= 15 is 0 Å². The molecule has 0 aliphatic carbocycles. The molecule has 116 valence electrons. The minimum absolute atomic E-state index is 0.359. The van der Waals surface area contributed by atoms with Gasteiger partial charge in [0.25, 0.3) is 0 Å². The maximum Gasteiger partial charge on any atom is 0.335 e. The van der Waals surface area contributed by atoms with E-state index in [0.29, 0.717) is 17.0 Å². The molecule has 1 aliphatic heterocycles. The fraction of sp³-hybridized carbons (Fsp3) is 0.611. The van der Waals surface area contributed by atoms with Gasteiger partial charge in [0.05, 0.1) is 5.56 Å². The van der Waals surface area contributed by atoms with Gasteiger partial charge >= 0.3 is 5.97 Å². The van der Waals surface area contributed by atoms with Gasteiger partial charge in [-0.3, -0.25) is 4.90 Å².